The Morgan fingerprint density at radius 1 is 1.70 bits per heavy atom. The molecule has 0 aliphatic carbocycles. The molecule has 0 saturated carbocycles. The third-order valence-corrected chi connectivity index (χ3v) is 1.78. The molecule has 0 aromatic rings. The molecule has 0 aromatic carbocycles. The Morgan fingerprint density at radius 3 is 3.20 bits per heavy atom. The van der Waals surface area contributed by atoms with E-state index in [0.717, 1.165) is 26.2 Å². The van der Waals surface area contributed by atoms with E-state index in [2.05, 4.69) is 11.8 Å². The van der Waals surface area contributed by atoms with Crippen LogP contribution in [0.2, 0.25) is 0 Å². The molecule has 0 radical (unpaired) electrons. The molecule has 3 heteroatoms. The van der Waals surface area contributed by atoms with Gasteiger partial charge in [0.05, 0.1) is 19.3 Å². The number of rotatable bonds is 1. The maximum atomic E-state index is 9.22. The van der Waals surface area contributed by atoms with E-state index >= 15 is 0 Å². The van der Waals surface area contributed by atoms with Crippen molar-refractivity contribution in [3.63, 3.8) is 0 Å². The van der Waals surface area contributed by atoms with Crippen LogP contribution in [0.4, 0.5) is 0 Å². The number of hydrogen-bond donors (Lipinski definition) is 1. The lowest BCUT2D eigenvalue weighted by Crippen LogP contribution is -2.32. The maximum Gasteiger partial charge on any atom is 0.0900 e. The van der Waals surface area contributed by atoms with Crippen LogP contribution in [0.3, 0.4) is 0 Å². The lowest BCUT2D eigenvalue weighted by molar-refractivity contribution is 0.0567. The van der Waals surface area contributed by atoms with Crippen molar-refractivity contribution in [2.45, 2.75) is 13.0 Å². The van der Waals surface area contributed by atoms with Crippen LogP contribution in [0.15, 0.2) is 0 Å². The van der Waals surface area contributed by atoms with Gasteiger partial charge in [-0.2, -0.15) is 0 Å². The van der Waals surface area contributed by atoms with Gasteiger partial charge in [-0.05, 0) is 6.54 Å². The number of aliphatic hydroxyl groups excluding tert-OH is 1. The van der Waals surface area contributed by atoms with E-state index in [0.29, 0.717) is 6.61 Å². The zero-order valence-corrected chi connectivity index (χ0v) is 6.42. The smallest absolute Gasteiger partial charge is 0.0900 e. The summed E-state index contributed by atoms with van der Waals surface area (Å²) in [5, 5.41) is 9.22. The molecule has 1 rings (SSSR count). The summed E-state index contributed by atoms with van der Waals surface area (Å²) < 4.78 is 5.15. The summed E-state index contributed by atoms with van der Waals surface area (Å²) in [4.78, 5) is 2.19. The summed E-state index contributed by atoms with van der Waals surface area (Å²) >= 11 is 0. The van der Waals surface area contributed by atoms with Crippen molar-refractivity contribution in [1.29, 1.82) is 0 Å². The van der Waals surface area contributed by atoms with Gasteiger partial charge in [0.25, 0.3) is 0 Å². The van der Waals surface area contributed by atoms with Gasteiger partial charge in [0.1, 0.15) is 0 Å². The first-order chi connectivity index (χ1) is 4.83. The SMILES string of the molecule is CCN1CCOC[C@@H](O)C1. The van der Waals surface area contributed by atoms with E-state index in [1.807, 2.05) is 0 Å². The molecule has 1 N–H and O–H groups in total. The Bertz CT molecular complexity index is 97.6. The van der Waals surface area contributed by atoms with Crippen LogP contribution in [0.25, 0.3) is 0 Å². The van der Waals surface area contributed by atoms with Gasteiger partial charge in [-0.15, -0.1) is 0 Å². The monoisotopic (exact) mass is 145 g/mol. The Labute approximate surface area is 61.6 Å². The summed E-state index contributed by atoms with van der Waals surface area (Å²) in [6.07, 6.45) is -0.289. The second-order valence-electron chi connectivity index (χ2n) is 2.62. The molecule has 0 bridgehead atoms. The van der Waals surface area contributed by atoms with E-state index in [1.165, 1.54) is 0 Å². The molecule has 0 unspecified atom stereocenters. The van der Waals surface area contributed by atoms with E-state index in [-0.39, 0.29) is 6.10 Å². The largest absolute Gasteiger partial charge is 0.389 e. The van der Waals surface area contributed by atoms with Crippen molar-refractivity contribution in [1.82, 2.24) is 4.90 Å². The fraction of sp³-hybridized carbons (Fsp3) is 1.00. The third-order valence-electron chi connectivity index (χ3n) is 1.78. The molecule has 1 saturated heterocycles. The molecule has 10 heavy (non-hydrogen) atoms. The molecule has 0 spiro atoms. The van der Waals surface area contributed by atoms with Crippen LogP contribution < -0.4 is 0 Å². The van der Waals surface area contributed by atoms with Crippen LogP contribution in [0.1, 0.15) is 6.92 Å². The van der Waals surface area contributed by atoms with E-state index in [1.54, 1.807) is 0 Å². The Hall–Kier alpha value is -0.120. The van der Waals surface area contributed by atoms with Gasteiger partial charge in [0.2, 0.25) is 0 Å². The molecular formula is C7H15NO2. The second kappa shape index (κ2) is 3.91. The third kappa shape index (κ3) is 2.25. The van der Waals surface area contributed by atoms with Crippen molar-refractivity contribution in [3.05, 3.63) is 0 Å². The Balaban J connectivity index is 2.30. The van der Waals surface area contributed by atoms with Gasteiger partial charge in [0, 0.05) is 13.1 Å². The lowest BCUT2D eigenvalue weighted by atomic mass is 10.3. The highest BCUT2D eigenvalue weighted by molar-refractivity contribution is 4.65. The zero-order valence-electron chi connectivity index (χ0n) is 6.42. The molecule has 3 nitrogen and oxygen atoms in total. The normalized spacial score (nSPS) is 30.0. The van der Waals surface area contributed by atoms with Crippen molar-refractivity contribution >= 4 is 0 Å². The van der Waals surface area contributed by atoms with Crippen LogP contribution in [-0.2, 0) is 4.74 Å². The van der Waals surface area contributed by atoms with Gasteiger partial charge < -0.3 is 9.84 Å². The second-order valence-corrected chi connectivity index (χ2v) is 2.62. The van der Waals surface area contributed by atoms with E-state index in [4.69, 9.17) is 4.74 Å². The van der Waals surface area contributed by atoms with Crippen LogP contribution in [-0.4, -0.2) is 49.0 Å². The predicted octanol–water partition coefficient (Wildman–Crippen LogP) is -0.301. The highest BCUT2D eigenvalue weighted by Crippen LogP contribution is 1.98. The first-order valence-electron chi connectivity index (χ1n) is 3.81. The topological polar surface area (TPSA) is 32.7 Å². The van der Waals surface area contributed by atoms with E-state index < -0.39 is 0 Å². The molecular weight excluding hydrogens is 130 g/mol. The average molecular weight is 145 g/mol. The maximum absolute atomic E-state index is 9.22. The van der Waals surface area contributed by atoms with Crippen molar-refractivity contribution in [3.8, 4) is 0 Å². The highest BCUT2D eigenvalue weighted by atomic mass is 16.5. The van der Waals surface area contributed by atoms with E-state index in [9.17, 15) is 5.11 Å². The first kappa shape index (κ1) is 7.98. The molecule has 1 aliphatic rings. The van der Waals surface area contributed by atoms with Crippen LogP contribution in [0, 0.1) is 0 Å². The molecule has 1 aliphatic heterocycles. The molecule has 0 amide bonds. The predicted molar refractivity (Wildman–Crippen MR) is 38.9 cm³/mol. The fourth-order valence-electron chi connectivity index (χ4n) is 1.14. The average Bonchev–Trinajstić information content (AvgIpc) is 2.13. The zero-order chi connectivity index (χ0) is 7.40. The fourth-order valence-corrected chi connectivity index (χ4v) is 1.14. The Kier molecular flexibility index (Phi) is 3.12. The molecule has 1 heterocycles. The molecule has 60 valence electrons. The minimum atomic E-state index is -0.289. The molecule has 1 fully saturated rings. The number of nitrogens with zero attached hydrogens (tertiary/aromatic N) is 1. The number of likely N-dealkylation sites (N-methyl/N-ethyl adjacent to an activating group) is 1. The van der Waals surface area contributed by atoms with Crippen molar-refractivity contribution in [2.24, 2.45) is 0 Å². The number of ether oxygens (including phenoxy) is 1. The van der Waals surface area contributed by atoms with Crippen molar-refractivity contribution < 1.29 is 9.84 Å². The summed E-state index contributed by atoms with van der Waals surface area (Å²) in [5.74, 6) is 0. The summed E-state index contributed by atoms with van der Waals surface area (Å²) in [5.41, 5.74) is 0. The first-order valence-corrected chi connectivity index (χ1v) is 3.81. The van der Waals surface area contributed by atoms with Gasteiger partial charge in [-0.1, -0.05) is 6.92 Å². The summed E-state index contributed by atoms with van der Waals surface area (Å²) in [6.45, 7) is 6.06. The van der Waals surface area contributed by atoms with Gasteiger partial charge in [-0.25, -0.2) is 0 Å². The Morgan fingerprint density at radius 2 is 2.50 bits per heavy atom. The summed E-state index contributed by atoms with van der Waals surface area (Å²) in [6, 6.07) is 0. The standard InChI is InChI=1S/C7H15NO2/c1-2-8-3-4-10-6-7(9)5-8/h7,9H,2-6H2,1H3/t7-/m0/s1. The number of aliphatic hydroxyl groups is 1. The van der Waals surface area contributed by atoms with Gasteiger partial charge >= 0.3 is 0 Å². The molecule has 0 aromatic heterocycles. The van der Waals surface area contributed by atoms with Gasteiger partial charge in [-0.3, -0.25) is 4.90 Å². The van der Waals surface area contributed by atoms with Crippen molar-refractivity contribution in [2.75, 3.05) is 32.8 Å². The minimum absolute atomic E-state index is 0.289. The van der Waals surface area contributed by atoms with Gasteiger partial charge in [0.15, 0.2) is 0 Å². The minimum Gasteiger partial charge on any atom is -0.389 e. The lowest BCUT2D eigenvalue weighted by Gasteiger charge is -2.17. The quantitative estimate of drug-likeness (QED) is 0.550. The molecule has 1 atom stereocenters. The highest BCUT2D eigenvalue weighted by Gasteiger charge is 2.13. The van der Waals surface area contributed by atoms with Crippen LogP contribution >= 0.6 is 0 Å². The number of hydrogen-bond acceptors (Lipinski definition) is 3. The number of β-amino-alcohol motifs (C(OH)–C–C–N with tert-alkyl or cyclic N) is 1. The summed E-state index contributed by atoms with van der Waals surface area (Å²) in [7, 11) is 0. The van der Waals surface area contributed by atoms with Crippen LogP contribution in [0.5, 0.6) is 0 Å².